The molecule has 1 fully saturated rings. The summed E-state index contributed by atoms with van der Waals surface area (Å²) in [6.07, 6.45) is 6.05. The van der Waals surface area contributed by atoms with Gasteiger partial charge in [0.2, 0.25) is 0 Å². The van der Waals surface area contributed by atoms with E-state index in [1.165, 1.54) is 0 Å². The minimum atomic E-state index is -0.728. The van der Waals surface area contributed by atoms with Crippen LogP contribution in [0.3, 0.4) is 0 Å². The predicted molar refractivity (Wildman–Crippen MR) is 146 cm³/mol. The Bertz CT molecular complexity index is 1330. The number of aromatic nitrogens is 2. The van der Waals surface area contributed by atoms with Crippen LogP contribution >= 0.6 is 11.3 Å². The first-order chi connectivity index (χ1) is 17.4. The highest BCUT2D eigenvalue weighted by molar-refractivity contribution is 7.91. The van der Waals surface area contributed by atoms with E-state index in [1.807, 2.05) is 43.6 Å². The number of pyridine rings is 1. The van der Waals surface area contributed by atoms with Crippen LogP contribution in [0.25, 0.3) is 21.3 Å². The Morgan fingerprint density at radius 2 is 2.06 bits per heavy atom. The maximum absolute atomic E-state index is 12.4. The number of urea groups is 1. The van der Waals surface area contributed by atoms with Gasteiger partial charge in [0.25, 0.3) is 0 Å². The molecule has 2 aliphatic heterocycles. The summed E-state index contributed by atoms with van der Waals surface area (Å²) >= 11 is 0.883. The van der Waals surface area contributed by atoms with Crippen molar-refractivity contribution in [2.75, 3.05) is 31.6 Å². The maximum Gasteiger partial charge on any atom is 0.317 e. The van der Waals surface area contributed by atoms with Gasteiger partial charge in [-0.15, -0.1) is 11.3 Å². The first-order valence-electron chi connectivity index (χ1n) is 12.1. The van der Waals surface area contributed by atoms with E-state index in [9.17, 15) is 14.8 Å². The van der Waals surface area contributed by atoms with Crippen LogP contribution in [0.5, 0.6) is 0 Å². The molecule has 2 aliphatic rings. The fourth-order valence-electron chi connectivity index (χ4n) is 4.83. The van der Waals surface area contributed by atoms with Crippen molar-refractivity contribution in [3.63, 3.8) is 0 Å². The third kappa shape index (κ3) is 5.11. The second kappa shape index (κ2) is 10.6. The topological polar surface area (TPSA) is 117 Å². The molecule has 2 aromatic heterocycles. The number of thiazole rings is 1. The van der Waals surface area contributed by atoms with Crippen LogP contribution in [-0.4, -0.2) is 68.8 Å². The van der Waals surface area contributed by atoms with Crippen molar-refractivity contribution in [3.05, 3.63) is 58.5 Å². The molecular weight excluding hydrogens is 492 g/mol. The normalized spacial score (nSPS) is 20.5. The van der Waals surface area contributed by atoms with Gasteiger partial charge >= 0.3 is 6.03 Å². The lowest BCUT2D eigenvalue weighted by molar-refractivity contribution is 0.202. The molecule has 188 valence electrons. The molecular formula is C26H30N6O2S2. The smallest absolute Gasteiger partial charge is 0.317 e. The summed E-state index contributed by atoms with van der Waals surface area (Å²) in [6.45, 7) is 2.93. The summed E-state index contributed by atoms with van der Waals surface area (Å²) in [4.78, 5) is 24.3. The Kier molecular flexibility index (Phi) is 7.27. The summed E-state index contributed by atoms with van der Waals surface area (Å²) in [6, 6.07) is 8.11. The number of carbonyl (C=O) groups excluding carboxylic acids is 1. The molecule has 1 saturated heterocycles. The Labute approximate surface area is 217 Å². The molecule has 0 bridgehead atoms. The molecule has 0 radical (unpaired) electrons. The van der Waals surface area contributed by atoms with E-state index in [0.29, 0.717) is 36.7 Å². The quantitative estimate of drug-likeness (QED) is 0.348. The van der Waals surface area contributed by atoms with E-state index < -0.39 is 11.2 Å². The van der Waals surface area contributed by atoms with Crippen LogP contribution in [0.1, 0.15) is 29.8 Å². The van der Waals surface area contributed by atoms with E-state index in [2.05, 4.69) is 15.6 Å². The predicted octanol–water partition coefficient (Wildman–Crippen LogP) is 3.83. The van der Waals surface area contributed by atoms with Gasteiger partial charge < -0.3 is 20.1 Å². The van der Waals surface area contributed by atoms with E-state index in [1.54, 1.807) is 23.3 Å². The number of fused-ring (bicyclic) bond motifs is 1. The molecule has 2 amide bonds. The maximum atomic E-state index is 12.4. The number of hydrogen-bond acceptors (Lipinski definition) is 7. The first-order valence-corrected chi connectivity index (χ1v) is 14.4. The van der Waals surface area contributed by atoms with Crippen LogP contribution in [0, 0.1) is 12.3 Å². The molecule has 3 aromatic rings. The SMILES string of the molecule is CNC(=O)N1CCC(NC2CC[S+]([O-])CC2)=C(C(=N)c2cccc3cc(-c4cnc(C)s4)ncc23)C1. The Morgan fingerprint density at radius 3 is 2.78 bits per heavy atom. The van der Waals surface area contributed by atoms with Gasteiger partial charge in [0.1, 0.15) is 11.5 Å². The summed E-state index contributed by atoms with van der Waals surface area (Å²) in [5.41, 5.74) is 3.91. The molecule has 0 atom stereocenters. The average Bonchev–Trinajstić information content (AvgIpc) is 3.35. The minimum Gasteiger partial charge on any atom is -0.616 e. The summed E-state index contributed by atoms with van der Waals surface area (Å²) in [7, 11) is 1.63. The van der Waals surface area contributed by atoms with Gasteiger partial charge in [-0.2, -0.15) is 0 Å². The lowest BCUT2D eigenvalue weighted by atomic mass is 9.92. The van der Waals surface area contributed by atoms with Gasteiger partial charge in [0.15, 0.2) is 0 Å². The third-order valence-electron chi connectivity index (χ3n) is 6.82. The number of carbonyl (C=O) groups is 1. The minimum absolute atomic E-state index is 0.142. The van der Waals surface area contributed by atoms with E-state index >= 15 is 0 Å². The Hall–Kier alpha value is -2.95. The average molecular weight is 523 g/mol. The first kappa shape index (κ1) is 24.7. The zero-order chi connectivity index (χ0) is 25.2. The molecule has 1 aromatic carbocycles. The number of aryl methyl sites for hydroxylation is 1. The van der Waals surface area contributed by atoms with Crippen molar-refractivity contribution in [2.24, 2.45) is 0 Å². The monoisotopic (exact) mass is 522 g/mol. The number of rotatable bonds is 5. The van der Waals surface area contributed by atoms with Crippen molar-refractivity contribution in [3.8, 4) is 10.6 Å². The van der Waals surface area contributed by atoms with Crippen molar-refractivity contribution in [1.29, 1.82) is 5.41 Å². The zero-order valence-electron chi connectivity index (χ0n) is 20.5. The molecule has 0 spiro atoms. The second-order valence-corrected chi connectivity index (χ2v) is 12.1. The molecule has 4 heterocycles. The van der Waals surface area contributed by atoms with Gasteiger partial charge in [0.05, 0.1) is 27.8 Å². The molecule has 10 heteroatoms. The number of hydrogen-bond donors (Lipinski definition) is 3. The van der Waals surface area contributed by atoms with Crippen LogP contribution in [0.15, 0.2) is 47.9 Å². The molecule has 8 nitrogen and oxygen atoms in total. The largest absolute Gasteiger partial charge is 0.616 e. The standard InChI is InChI=1S/C26H30N6O2S2/c1-16-29-14-24(35-16)23-12-17-4-3-5-19(20(17)13-30-23)25(27)21-15-32(26(33)28-2)9-6-22(21)31-18-7-10-36(34)11-8-18/h3-5,12-14,18,27,31H,6-11,15H2,1-2H3,(H,28,33). The second-order valence-electron chi connectivity index (χ2n) is 9.17. The molecule has 3 N–H and O–H groups in total. The molecule has 5 rings (SSSR count). The summed E-state index contributed by atoms with van der Waals surface area (Å²) < 4.78 is 11.8. The van der Waals surface area contributed by atoms with Crippen LogP contribution in [-0.2, 0) is 11.2 Å². The van der Waals surface area contributed by atoms with Crippen molar-refractivity contribution in [1.82, 2.24) is 25.5 Å². The summed E-state index contributed by atoms with van der Waals surface area (Å²) in [5.74, 6) is 1.41. The molecule has 36 heavy (non-hydrogen) atoms. The van der Waals surface area contributed by atoms with Crippen molar-refractivity contribution >= 4 is 45.0 Å². The highest BCUT2D eigenvalue weighted by atomic mass is 32.2. The molecule has 0 unspecified atom stereocenters. The van der Waals surface area contributed by atoms with Gasteiger partial charge in [-0.3, -0.25) is 10.4 Å². The number of benzene rings is 1. The molecule has 0 aliphatic carbocycles. The highest BCUT2D eigenvalue weighted by Crippen LogP contribution is 2.30. The number of amides is 2. The van der Waals surface area contributed by atoms with Gasteiger partial charge in [-0.1, -0.05) is 29.4 Å². The van der Waals surface area contributed by atoms with Gasteiger partial charge in [-0.05, 0) is 18.4 Å². The molecule has 0 saturated carbocycles. The fraction of sp³-hybridized carbons (Fsp3) is 0.385. The third-order valence-corrected chi connectivity index (χ3v) is 9.14. The van der Waals surface area contributed by atoms with Crippen LogP contribution in [0.4, 0.5) is 4.79 Å². The van der Waals surface area contributed by atoms with Crippen molar-refractivity contribution in [2.45, 2.75) is 32.2 Å². The van der Waals surface area contributed by atoms with E-state index in [4.69, 9.17) is 4.98 Å². The highest BCUT2D eigenvalue weighted by Gasteiger charge is 2.29. The van der Waals surface area contributed by atoms with E-state index in [-0.39, 0.29) is 12.1 Å². The Balaban J connectivity index is 1.50. The van der Waals surface area contributed by atoms with Crippen LogP contribution in [0.2, 0.25) is 0 Å². The number of nitrogens with zero attached hydrogens (tertiary/aromatic N) is 3. The van der Waals surface area contributed by atoms with Crippen LogP contribution < -0.4 is 10.6 Å². The van der Waals surface area contributed by atoms with Gasteiger partial charge in [0, 0.05) is 73.5 Å². The van der Waals surface area contributed by atoms with Gasteiger partial charge in [-0.25, -0.2) is 9.78 Å². The summed E-state index contributed by atoms with van der Waals surface area (Å²) in [5, 5.41) is 18.5. The zero-order valence-corrected chi connectivity index (χ0v) is 22.1. The van der Waals surface area contributed by atoms with E-state index in [0.717, 1.165) is 56.0 Å². The van der Waals surface area contributed by atoms with Crippen molar-refractivity contribution < 1.29 is 9.35 Å². The Morgan fingerprint density at radius 1 is 1.25 bits per heavy atom. The lowest BCUT2D eigenvalue weighted by Crippen LogP contribution is -2.46. The number of nitrogens with one attached hydrogen (secondary N) is 3. The lowest BCUT2D eigenvalue weighted by Gasteiger charge is -2.34. The fourth-order valence-corrected chi connectivity index (χ4v) is 6.88.